The largest absolute Gasteiger partial charge is 0.395 e. The van der Waals surface area contributed by atoms with Crippen LogP contribution >= 0.6 is 0 Å². The zero-order valence-electron chi connectivity index (χ0n) is 15.4. The van der Waals surface area contributed by atoms with Crippen LogP contribution in [0.1, 0.15) is 29.5 Å². The van der Waals surface area contributed by atoms with E-state index in [0.29, 0.717) is 11.1 Å². The molecule has 1 N–H and O–H groups in total. The van der Waals surface area contributed by atoms with E-state index < -0.39 is 12.1 Å². The molecule has 0 aromatic heterocycles. The third-order valence-electron chi connectivity index (χ3n) is 4.65. The van der Waals surface area contributed by atoms with Crippen LogP contribution in [0.2, 0.25) is 0 Å². The van der Waals surface area contributed by atoms with Crippen molar-refractivity contribution in [1.29, 1.82) is 5.41 Å². The lowest BCUT2D eigenvalue weighted by Crippen LogP contribution is -2.19. The third-order valence-corrected chi connectivity index (χ3v) is 4.65. The Morgan fingerprint density at radius 2 is 1.50 bits per heavy atom. The molecule has 142 valence electrons. The SMILES string of the molecule is CC(c1cc(C(=N)/C=C\c2ccccc2)ccc1-c1ccccc1)C(F)(F)F. The van der Waals surface area contributed by atoms with Crippen LogP contribution in [0.15, 0.2) is 84.9 Å². The van der Waals surface area contributed by atoms with Gasteiger partial charge in [0, 0.05) is 0 Å². The Balaban J connectivity index is 2.00. The molecular formula is C24H20F3N. The zero-order chi connectivity index (χ0) is 20.1. The van der Waals surface area contributed by atoms with Crippen LogP contribution in [-0.2, 0) is 0 Å². The summed E-state index contributed by atoms with van der Waals surface area (Å²) in [5.74, 6) is -1.63. The molecule has 0 saturated heterocycles. The van der Waals surface area contributed by atoms with Gasteiger partial charge in [0.15, 0.2) is 0 Å². The molecular weight excluding hydrogens is 359 g/mol. The maximum Gasteiger partial charge on any atom is 0.395 e. The molecule has 4 heteroatoms. The van der Waals surface area contributed by atoms with Gasteiger partial charge >= 0.3 is 6.18 Å². The average Bonchev–Trinajstić information content (AvgIpc) is 2.71. The minimum Gasteiger partial charge on any atom is -0.300 e. The number of allylic oxidation sites excluding steroid dienone is 1. The molecule has 0 bridgehead atoms. The first-order chi connectivity index (χ1) is 13.4. The van der Waals surface area contributed by atoms with E-state index in [0.717, 1.165) is 18.1 Å². The van der Waals surface area contributed by atoms with Crippen LogP contribution in [0.4, 0.5) is 13.2 Å². The van der Waals surface area contributed by atoms with Gasteiger partial charge in [-0.1, -0.05) is 78.9 Å². The summed E-state index contributed by atoms with van der Waals surface area (Å²) in [5.41, 5.74) is 2.99. The lowest BCUT2D eigenvalue weighted by Gasteiger charge is -2.20. The molecule has 0 heterocycles. The Morgan fingerprint density at radius 3 is 2.11 bits per heavy atom. The van der Waals surface area contributed by atoms with E-state index in [1.807, 2.05) is 36.4 Å². The van der Waals surface area contributed by atoms with E-state index in [2.05, 4.69) is 0 Å². The summed E-state index contributed by atoms with van der Waals surface area (Å²) in [5, 5.41) is 8.28. The standard InChI is InChI=1S/C24H20F3N/c1-17(24(25,26)27)22-16-20(13-14-21(22)19-10-6-3-7-11-19)23(28)15-12-18-8-4-2-5-9-18/h2-17,28H,1H3/b15-12-,28-23?. The Hall–Kier alpha value is -3.14. The molecule has 0 aliphatic carbocycles. The highest BCUT2D eigenvalue weighted by atomic mass is 19.4. The first-order valence-electron chi connectivity index (χ1n) is 8.94. The smallest absolute Gasteiger partial charge is 0.300 e. The normalized spacial score (nSPS) is 12.9. The lowest BCUT2D eigenvalue weighted by atomic mass is 9.88. The van der Waals surface area contributed by atoms with Crippen LogP contribution < -0.4 is 0 Å². The fourth-order valence-electron chi connectivity index (χ4n) is 2.99. The molecule has 0 aliphatic rings. The maximum absolute atomic E-state index is 13.5. The summed E-state index contributed by atoms with van der Waals surface area (Å²) in [6.45, 7) is 1.16. The van der Waals surface area contributed by atoms with E-state index in [-0.39, 0.29) is 11.3 Å². The molecule has 1 nitrogen and oxygen atoms in total. The Bertz CT molecular complexity index is 974. The van der Waals surface area contributed by atoms with Crippen molar-refractivity contribution in [2.75, 3.05) is 0 Å². The van der Waals surface area contributed by atoms with Crippen molar-refractivity contribution in [2.24, 2.45) is 0 Å². The highest BCUT2D eigenvalue weighted by Crippen LogP contribution is 2.39. The number of halogens is 3. The molecule has 0 radical (unpaired) electrons. The molecule has 0 aliphatic heterocycles. The minimum atomic E-state index is -4.36. The van der Waals surface area contributed by atoms with Gasteiger partial charge in [-0.2, -0.15) is 13.2 Å². The number of hydrogen-bond acceptors (Lipinski definition) is 1. The van der Waals surface area contributed by atoms with Crippen LogP contribution in [0, 0.1) is 5.41 Å². The first-order valence-corrected chi connectivity index (χ1v) is 8.94. The van der Waals surface area contributed by atoms with Crippen LogP contribution in [-0.4, -0.2) is 11.9 Å². The number of rotatable bonds is 5. The molecule has 3 rings (SSSR count). The van der Waals surface area contributed by atoms with Crippen molar-refractivity contribution in [3.63, 3.8) is 0 Å². The topological polar surface area (TPSA) is 23.9 Å². The third kappa shape index (κ3) is 4.58. The van der Waals surface area contributed by atoms with E-state index in [4.69, 9.17) is 5.41 Å². The summed E-state index contributed by atoms with van der Waals surface area (Å²) in [6.07, 6.45) is -0.973. The van der Waals surface area contributed by atoms with E-state index in [1.54, 1.807) is 48.6 Å². The zero-order valence-corrected chi connectivity index (χ0v) is 15.4. The van der Waals surface area contributed by atoms with Gasteiger partial charge in [0.1, 0.15) is 0 Å². The Labute approximate surface area is 162 Å². The fraction of sp³-hybridized carbons (Fsp3) is 0.125. The highest BCUT2D eigenvalue weighted by Gasteiger charge is 2.38. The minimum absolute atomic E-state index is 0.166. The van der Waals surface area contributed by atoms with Crippen LogP contribution in [0.3, 0.4) is 0 Å². The molecule has 0 spiro atoms. The van der Waals surface area contributed by atoms with Crippen LogP contribution in [0.25, 0.3) is 17.2 Å². The molecule has 0 saturated carbocycles. The Morgan fingerprint density at radius 1 is 0.893 bits per heavy atom. The second-order valence-corrected chi connectivity index (χ2v) is 6.59. The van der Waals surface area contributed by atoms with Crippen molar-refractivity contribution in [2.45, 2.75) is 19.0 Å². The van der Waals surface area contributed by atoms with Gasteiger partial charge in [-0.25, -0.2) is 0 Å². The molecule has 0 fully saturated rings. The van der Waals surface area contributed by atoms with Crippen LogP contribution in [0.5, 0.6) is 0 Å². The molecule has 28 heavy (non-hydrogen) atoms. The van der Waals surface area contributed by atoms with Crippen molar-refractivity contribution < 1.29 is 13.2 Å². The van der Waals surface area contributed by atoms with Gasteiger partial charge in [-0.15, -0.1) is 0 Å². The first kappa shape index (κ1) is 19.6. The van der Waals surface area contributed by atoms with E-state index in [1.165, 1.54) is 6.07 Å². The van der Waals surface area contributed by atoms with Gasteiger partial charge in [0.25, 0.3) is 0 Å². The second kappa shape index (κ2) is 8.26. The molecule has 1 unspecified atom stereocenters. The summed E-state index contributed by atoms with van der Waals surface area (Å²) >= 11 is 0. The summed E-state index contributed by atoms with van der Waals surface area (Å²) in [4.78, 5) is 0. The number of alkyl halides is 3. The van der Waals surface area contributed by atoms with Gasteiger partial charge < -0.3 is 5.41 Å². The monoisotopic (exact) mass is 379 g/mol. The van der Waals surface area contributed by atoms with Crippen molar-refractivity contribution in [1.82, 2.24) is 0 Å². The van der Waals surface area contributed by atoms with Gasteiger partial charge in [0.2, 0.25) is 0 Å². The van der Waals surface area contributed by atoms with Gasteiger partial charge in [-0.3, -0.25) is 0 Å². The number of benzene rings is 3. The fourth-order valence-corrected chi connectivity index (χ4v) is 2.99. The molecule has 3 aromatic rings. The summed E-state index contributed by atoms with van der Waals surface area (Å²) in [6, 6.07) is 23.4. The Kier molecular flexibility index (Phi) is 5.78. The van der Waals surface area contributed by atoms with E-state index >= 15 is 0 Å². The predicted molar refractivity (Wildman–Crippen MR) is 109 cm³/mol. The summed E-state index contributed by atoms with van der Waals surface area (Å²) < 4.78 is 40.4. The van der Waals surface area contributed by atoms with Gasteiger partial charge in [-0.05, 0) is 46.9 Å². The number of hydrogen-bond donors (Lipinski definition) is 1. The number of nitrogens with one attached hydrogen (secondary N) is 1. The average molecular weight is 379 g/mol. The van der Waals surface area contributed by atoms with Crippen molar-refractivity contribution in [3.05, 3.63) is 102 Å². The molecule has 3 aromatic carbocycles. The second-order valence-electron chi connectivity index (χ2n) is 6.59. The van der Waals surface area contributed by atoms with Crippen molar-refractivity contribution in [3.8, 4) is 11.1 Å². The van der Waals surface area contributed by atoms with Gasteiger partial charge in [0.05, 0.1) is 11.6 Å². The molecule has 1 atom stereocenters. The highest BCUT2D eigenvalue weighted by molar-refractivity contribution is 6.09. The predicted octanol–water partition coefficient (Wildman–Crippen LogP) is 7.10. The van der Waals surface area contributed by atoms with E-state index in [9.17, 15) is 13.2 Å². The lowest BCUT2D eigenvalue weighted by molar-refractivity contribution is -0.146. The molecule has 0 amide bonds. The van der Waals surface area contributed by atoms with Crippen molar-refractivity contribution >= 4 is 11.8 Å². The maximum atomic E-state index is 13.5. The quantitative estimate of drug-likeness (QED) is 0.457. The summed E-state index contributed by atoms with van der Waals surface area (Å²) in [7, 11) is 0.